The number of aromatic nitrogens is 2. The van der Waals surface area contributed by atoms with Crippen LogP contribution in [0.15, 0.2) is 35.6 Å². The maximum absolute atomic E-state index is 14.6. The molecule has 1 amide bonds. The van der Waals surface area contributed by atoms with Crippen molar-refractivity contribution in [3.8, 4) is 0 Å². The van der Waals surface area contributed by atoms with Crippen molar-refractivity contribution in [2.24, 2.45) is 12.0 Å². The van der Waals surface area contributed by atoms with Gasteiger partial charge in [-0.1, -0.05) is 6.07 Å². The van der Waals surface area contributed by atoms with E-state index in [4.69, 9.17) is 4.74 Å². The number of benzene rings is 1. The minimum Gasteiger partial charge on any atom is -0.378 e. The minimum atomic E-state index is -0.239. The fourth-order valence-electron chi connectivity index (χ4n) is 3.91. The molecule has 0 spiro atoms. The molecule has 0 saturated carbocycles. The normalized spacial score (nSPS) is 18.0. The quantitative estimate of drug-likeness (QED) is 0.573. The molecule has 3 heterocycles. The molecular weight excluding hydrogens is 401 g/mol. The molecule has 2 aromatic rings. The molecule has 0 aliphatic carbocycles. The molecule has 1 aromatic heterocycles. The Hall–Kier alpha value is -3.14. The number of ether oxygens (including phenoxy) is 1. The van der Waals surface area contributed by atoms with Crippen LogP contribution in [0.1, 0.15) is 5.56 Å². The summed E-state index contributed by atoms with van der Waals surface area (Å²) in [7, 11) is 3.51. The third-order valence-corrected chi connectivity index (χ3v) is 5.55. The second kappa shape index (κ2) is 9.34. The van der Waals surface area contributed by atoms with Gasteiger partial charge in [0.15, 0.2) is 5.96 Å². The summed E-state index contributed by atoms with van der Waals surface area (Å²) >= 11 is 0. The standard InChI is InChI=1S/C21H28FN7O2/c1-23-21(28-5-6-29(20(30)15-28)17-13-25-26(2)14-17)24-12-16-3-4-19(18(22)11-16)27-7-9-31-10-8-27/h3-4,11,13-14H,5-10,12,15H2,1-2H3,(H,23,24). The number of nitrogens with one attached hydrogen (secondary N) is 1. The second-order valence-corrected chi connectivity index (χ2v) is 7.63. The lowest BCUT2D eigenvalue weighted by atomic mass is 10.1. The number of nitrogens with zero attached hydrogens (tertiary/aromatic N) is 6. The smallest absolute Gasteiger partial charge is 0.246 e. The Morgan fingerprint density at radius 3 is 2.71 bits per heavy atom. The maximum atomic E-state index is 14.6. The molecular formula is C21H28FN7O2. The fourth-order valence-corrected chi connectivity index (χ4v) is 3.91. The van der Waals surface area contributed by atoms with Gasteiger partial charge in [0.05, 0.1) is 30.8 Å². The number of carbonyl (C=O) groups excluding carboxylic acids is 1. The van der Waals surface area contributed by atoms with Gasteiger partial charge in [0, 0.05) is 53.0 Å². The van der Waals surface area contributed by atoms with Crippen molar-refractivity contribution in [1.29, 1.82) is 0 Å². The first kappa shape index (κ1) is 21.1. The maximum Gasteiger partial charge on any atom is 0.246 e. The van der Waals surface area contributed by atoms with Gasteiger partial charge in [0.2, 0.25) is 5.91 Å². The molecule has 1 aromatic carbocycles. The monoisotopic (exact) mass is 429 g/mol. The van der Waals surface area contributed by atoms with Crippen LogP contribution >= 0.6 is 0 Å². The van der Waals surface area contributed by atoms with Gasteiger partial charge in [-0.3, -0.25) is 14.5 Å². The lowest BCUT2D eigenvalue weighted by Crippen LogP contribution is -2.55. The number of anilines is 2. The summed E-state index contributed by atoms with van der Waals surface area (Å²) in [6.07, 6.45) is 3.52. The van der Waals surface area contributed by atoms with E-state index in [0.717, 1.165) is 11.3 Å². The average Bonchev–Trinajstić information content (AvgIpc) is 3.21. The van der Waals surface area contributed by atoms with E-state index in [-0.39, 0.29) is 18.3 Å². The summed E-state index contributed by atoms with van der Waals surface area (Å²) in [5, 5.41) is 7.39. The van der Waals surface area contributed by atoms with Crippen LogP contribution in [0.3, 0.4) is 0 Å². The number of morpholine rings is 1. The predicted molar refractivity (Wildman–Crippen MR) is 117 cm³/mol. The molecule has 2 fully saturated rings. The summed E-state index contributed by atoms with van der Waals surface area (Å²) in [5.74, 6) is 0.372. The van der Waals surface area contributed by atoms with E-state index in [1.165, 1.54) is 0 Å². The van der Waals surface area contributed by atoms with Crippen LogP contribution in [0.25, 0.3) is 0 Å². The molecule has 0 radical (unpaired) electrons. The van der Waals surface area contributed by atoms with Crippen molar-refractivity contribution < 1.29 is 13.9 Å². The van der Waals surface area contributed by atoms with Gasteiger partial charge in [-0.05, 0) is 17.7 Å². The molecule has 166 valence electrons. The van der Waals surface area contributed by atoms with Crippen LogP contribution in [0.2, 0.25) is 0 Å². The Morgan fingerprint density at radius 1 is 1.26 bits per heavy atom. The third-order valence-electron chi connectivity index (χ3n) is 5.55. The van der Waals surface area contributed by atoms with Gasteiger partial charge in [-0.25, -0.2) is 4.39 Å². The Bertz CT molecular complexity index is 955. The Morgan fingerprint density at radius 2 is 2.06 bits per heavy atom. The van der Waals surface area contributed by atoms with Crippen LogP contribution in [-0.4, -0.2) is 79.5 Å². The van der Waals surface area contributed by atoms with Crippen LogP contribution in [0, 0.1) is 5.82 Å². The SMILES string of the molecule is CN=C(NCc1ccc(N2CCOCC2)c(F)c1)N1CCN(c2cnn(C)c2)C(=O)C1. The van der Waals surface area contributed by atoms with Gasteiger partial charge in [0.25, 0.3) is 0 Å². The lowest BCUT2D eigenvalue weighted by molar-refractivity contribution is -0.120. The highest BCUT2D eigenvalue weighted by molar-refractivity contribution is 5.98. The topological polar surface area (TPSA) is 78.2 Å². The lowest BCUT2D eigenvalue weighted by Gasteiger charge is -2.35. The number of aryl methyl sites for hydroxylation is 1. The first-order valence-electron chi connectivity index (χ1n) is 10.4. The van der Waals surface area contributed by atoms with Crippen molar-refractivity contribution in [3.63, 3.8) is 0 Å². The van der Waals surface area contributed by atoms with Crippen LogP contribution in [0.4, 0.5) is 15.8 Å². The van der Waals surface area contributed by atoms with Crippen LogP contribution in [-0.2, 0) is 23.1 Å². The molecule has 2 aliphatic heterocycles. The van der Waals surface area contributed by atoms with E-state index in [2.05, 4.69) is 15.4 Å². The molecule has 2 aliphatic rings. The van der Waals surface area contributed by atoms with Gasteiger partial charge in [-0.15, -0.1) is 0 Å². The number of rotatable bonds is 4. The molecule has 0 unspecified atom stereocenters. The van der Waals surface area contributed by atoms with E-state index in [1.54, 1.807) is 28.9 Å². The Balaban J connectivity index is 1.34. The average molecular weight is 430 g/mol. The fraction of sp³-hybridized carbons (Fsp3) is 0.476. The number of hydrogen-bond acceptors (Lipinski definition) is 5. The van der Waals surface area contributed by atoms with Crippen LogP contribution < -0.4 is 15.1 Å². The second-order valence-electron chi connectivity index (χ2n) is 7.63. The molecule has 0 atom stereocenters. The zero-order valence-electron chi connectivity index (χ0n) is 17.9. The first-order chi connectivity index (χ1) is 15.0. The highest BCUT2D eigenvalue weighted by atomic mass is 19.1. The van der Waals surface area contributed by atoms with Crippen LogP contribution in [0.5, 0.6) is 0 Å². The van der Waals surface area contributed by atoms with E-state index in [9.17, 15) is 9.18 Å². The number of hydrogen-bond donors (Lipinski definition) is 1. The largest absolute Gasteiger partial charge is 0.378 e. The van der Waals surface area contributed by atoms with E-state index in [0.29, 0.717) is 57.6 Å². The Labute approximate surface area is 181 Å². The van der Waals surface area contributed by atoms with Crippen molar-refractivity contribution >= 4 is 23.2 Å². The number of piperazine rings is 1. The van der Waals surface area contributed by atoms with E-state index >= 15 is 0 Å². The van der Waals surface area contributed by atoms with Gasteiger partial charge >= 0.3 is 0 Å². The summed E-state index contributed by atoms with van der Waals surface area (Å²) in [5.41, 5.74) is 2.22. The first-order valence-corrected chi connectivity index (χ1v) is 10.4. The van der Waals surface area contributed by atoms with Gasteiger partial charge in [-0.2, -0.15) is 5.10 Å². The molecule has 31 heavy (non-hydrogen) atoms. The number of amides is 1. The minimum absolute atomic E-state index is 0.0110. The predicted octanol–water partition coefficient (Wildman–Crippen LogP) is 0.820. The molecule has 1 N–H and O–H groups in total. The zero-order valence-corrected chi connectivity index (χ0v) is 17.9. The van der Waals surface area contributed by atoms with Gasteiger partial charge in [0.1, 0.15) is 12.4 Å². The summed E-state index contributed by atoms with van der Waals surface area (Å²) in [6, 6.07) is 5.28. The number of guanidine groups is 1. The molecule has 0 bridgehead atoms. The highest BCUT2D eigenvalue weighted by Gasteiger charge is 2.27. The Kier molecular flexibility index (Phi) is 6.36. The molecule has 2 saturated heterocycles. The van der Waals surface area contributed by atoms with E-state index < -0.39 is 0 Å². The summed E-state index contributed by atoms with van der Waals surface area (Å²) in [6.45, 7) is 4.46. The number of aliphatic imine (C=N–C) groups is 1. The zero-order chi connectivity index (χ0) is 21.8. The number of carbonyl (C=O) groups is 1. The summed E-state index contributed by atoms with van der Waals surface area (Å²) < 4.78 is 21.7. The van der Waals surface area contributed by atoms with Crippen molar-refractivity contribution in [2.75, 3.05) is 62.8 Å². The molecule has 9 nitrogen and oxygen atoms in total. The number of halogens is 1. The van der Waals surface area contributed by atoms with E-state index in [1.807, 2.05) is 35.2 Å². The van der Waals surface area contributed by atoms with Crippen molar-refractivity contribution in [3.05, 3.63) is 42.0 Å². The van der Waals surface area contributed by atoms with Crippen molar-refractivity contribution in [1.82, 2.24) is 20.0 Å². The van der Waals surface area contributed by atoms with Crippen molar-refractivity contribution in [2.45, 2.75) is 6.54 Å². The highest BCUT2D eigenvalue weighted by Crippen LogP contribution is 2.22. The molecule has 10 heteroatoms. The third kappa shape index (κ3) is 4.79. The summed E-state index contributed by atoms with van der Waals surface area (Å²) in [4.78, 5) is 22.6. The van der Waals surface area contributed by atoms with Gasteiger partial charge < -0.3 is 24.8 Å². The molecule has 4 rings (SSSR count).